The third-order valence-corrected chi connectivity index (χ3v) is 4.57. The molecule has 23 heavy (non-hydrogen) atoms. The predicted molar refractivity (Wildman–Crippen MR) is 84.3 cm³/mol. The van der Waals surface area contributed by atoms with E-state index in [4.69, 9.17) is 0 Å². The highest BCUT2D eigenvalue weighted by Gasteiger charge is 2.26. The summed E-state index contributed by atoms with van der Waals surface area (Å²) in [7, 11) is 0. The normalized spacial score (nSPS) is 19.4. The fraction of sp³-hybridized carbons (Fsp3) is 0.647. The van der Waals surface area contributed by atoms with Crippen molar-refractivity contribution in [2.45, 2.75) is 57.4 Å². The molecule has 1 N–H and O–H groups in total. The van der Waals surface area contributed by atoms with Crippen LogP contribution in [-0.4, -0.2) is 41.5 Å². The molecule has 2 aliphatic rings. The summed E-state index contributed by atoms with van der Waals surface area (Å²) in [5, 5.41) is 2.82. The molecule has 1 fully saturated rings. The zero-order valence-electron chi connectivity index (χ0n) is 13.3. The minimum absolute atomic E-state index is 0.0935. The van der Waals surface area contributed by atoms with Crippen LogP contribution < -0.4 is 5.32 Å². The Bertz CT molecular complexity index is 477. The van der Waals surface area contributed by atoms with Crippen LogP contribution in [0.3, 0.4) is 0 Å². The number of amides is 3. The van der Waals surface area contributed by atoms with Gasteiger partial charge in [0.2, 0.25) is 5.91 Å². The molecule has 1 unspecified atom stereocenters. The van der Waals surface area contributed by atoms with Crippen LogP contribution in [0.5, 0.6) is 0 Å². The molecule has 3 amide bonds. The number of nitrogens with one attached hydrogen (secondary N) is 1. The van der Waals surface area contributed by atoms with Gasteiger partial charge in [0.25, 0.3) is 11.8 Å². The van der Waals surface area contributed by atoms with Gasteiger partial charge in [-0.15, -0.1) is 0 Å². The summed E-state index contributed by atoms with van der Waals surface area (Å²) in [4.78, 5) is 46.9. The average Bonchev–Trinajstić information content (AvgIpc) is 3.17. The van der Waals surface area contributed by atoms with E-state index in [1.54, 1.807) is 0 Å². The summed E-state index contributed by atoms with van der Waals surface area (Å²) >= 11 is 0. The Morgan fingerprint density at radius 1 is 1.17 bits per heavy atom. The number of rotatable bonds is 9. The van der Waals surface area contributed by atoms with E-state index in [1.807, 2.05) is 0 Å². The lowest BCUT2D eigenvalue weighted by Gasteiger charge is -2.19. The van der Waals surface area contributed by atoms with Crippen molar-refractivity contribution in [2.24, 2.45) is 5.92 Å². The molecular weight excluding hydrogens is 296 g/mol. The summed E-state index contributed by atoms with van der Waals surface area (Å²) in [6.45, 7) is 0.394. The third-order valence-electron chi connectivity index (χ3n) is 4.57. The Balaban J connectivity index is 1.58. The zero-order valence-corrected chi connectivity index (χ0v) is 13.3. The number of carbonyl (C=O) groups excluding carboxylic acids is 4. The van der Waals surface area contributed by atoms with Crippen molar-refractivity contribution in [3.8, 4) is 0 Å². The fourth-order valence-electron chi connectivity index (χ4n) is 3.22. The molecule has 1 heterocycles. The summed E-state index contributed by atoms with van der Waals surface area (Å²) in [5.74, 6) is -0.337. The average molecular weight is 320 g/mol. The summed E-state index contributed by atoms with van der Waals surface area (Å²) in [5.41, 5.74) is 0. The highest BCUT2D eigenvalue weighted by atomic mass is 16.2. The molecule has 1 saturated carbocycles. The lowest BCUT2D eigenvalue weighted by molar-refractivity contribution is -0.137. The van der Waals surface area contributed by atoms with Gasteiger partial charge in [0, 0.05) is 25.1 Å². The molecule has 2 rings (SSSR count). The first-order valence-electron chi connectivity index (χ1n) is 8.40. The Hall–Kier alpha value is -1.98. The number of carbonyl (C=O) groups is 4. The molecule has 0 aromatic carbocycles. The van der Waals surface area contributed by atoms with Crippen molar-refractivity contribution in [3.05, 3.63) is 12.2 Å². The minimum atomic E-state index is -0.351. The maximum absolute atomic E-state index is 11.9. The molecule has 0 aromatic heterocycles. The summed E-state index contributed by atoms with van der Waals surface area (Å²) in [6.07, 6.45) is 10.2. The minimum Gasteiger partial charge on any atom is -0.346 e. The summed E-state index contributed by atoms with van der Waals surface area (Å²) in [6, 6.07) is -0.351. The molecule has 0 radical (unpaired) electrons. The van der Waals surface area contributed by atoms with Crippen molar-refractivity contribution >= 4 is 24.0 Å². The van der Waals surface area contributed by atoms with Gasteiger partial charge in [0.1, 0.15) is 6.29 Å². The van der Waals surface area contributed by atoms with Gasteiger partial charge in [-0.25, -0.2) is 0 Å². The van der Waals surface area contributed by atoms with Gasteiger partial charge < -0.3 is 10.1 Å². The van der Waals surface area contributed by atoms with Crippen molar-refractivity contribution in [2.75, 3.05) is 6.54 Å². The second-order valence-corrected chi connectivity index (χ2v) is 6.25. The molecule has 0 bridgehead atoms. The van der Waals surface area contributed by atoms with Crippen molar-refractivity contribution in [1.29, 1.82) is 0 Å². The number of hydrogen-bond acceptors (Lipinski definition) is 4. The monoisotopic (exact) mass is 320 g/mol. The Labute approximate surface area is 136 Å². The van der Waals surface area contributed by atoms with Gasteiger partial charge in [-0.1, -0.05) is 19.3 Å². The van der Waals surface area contributed by atoms with Gasteiger partial charge in [-0.05, 0) is 31.6 Å². The third kappa shape index (κ3) is 5.01. The van der Waals surface area contributed by atoms with E-state index >= 15 is 0 Å². The first-order chi connectivity index (χ1) is 11.1. The van der Waals surface area contributed by atoms with Crippen LogP contribution in [0.2, 0.25) is 0 Å². The maximum Gasteiger partial charge on any atom is 0.253 e. The lowest BCUT2D eigenvalue weighted by atomic mass is 9.99. The van der Waals surface area contributed by atoms with Crippen molar-refractivity contribution in [1.82, 2.24) is 10.2 Å². The number of hydrogen-bond donors (Lipinski definition) is 1. The Morgan fingerprint density at radius 3 is 2.43 bits per heavy atom. The zero-order chi connectivity index (χ0) is 16.7. The van der Waals surface area contributed by atoms with Crippen molar-refractivity contribution < 1.29 is 19.2 Å². The van der Waals surface area contributed by atoms with E-state index in [1.165, 1.54) is 17.1 Å². The van der Waals surface area contributed by atoms with Crippen LogP contribution in [0.25, 0.3) is 0 Å². The van der Waals surface area contributed by atoms with Crippen LogP contribution in [0.1, 0.15) is 51.4 Å². The van der Waals surface area contributed by atoms with Gasteiger partial charge >= 0.3 is 0 Å². The number of nitrogens with zero attached hydrogens (tertiary/aromatic N) is 1. The van der Waals surface area contributed by atoms with Gasteiger partial charge in [-0.2, -0.15) is 0 Å². The van der Waals surface area contributed by atoms with E-state index in [0.717, 1.165) is 38.4 Å². The molecule has 1 aliphatic heterocycles. The fourth-order valence-corrected chi connectivity index (χ4v) is 3.22. The second-order valence-electron chi connectivity index (χ2n) is 6.25. The molecule has 1 atom stereocenters. The van der Waals surface area contributed by atoms with Gasteiger partial charge in [0.05, 0.1) is 6.04 Å². The Kier molecular flexibility index (Phi) is 6.50. The Morgan fingerprint density at radius 2 is 1.83 bits per heavy atom. The van der Waals surface area contributed by atoms with E-state index in [2.05, 4.69) is 5.32 Å². The first kappa shape index (κ1) is 17.4. The smallest absolute Gasteiger partial charge is 0.253 e. The van der Waals surface area contributed by atoms with Gasteiger partial charge in [-0.3, -0.25) is 19.3 Å². The van der Waals surface area contributed by atoms with Gasteiger partial charge in [0.15, 0.2) is 0 Å². The highest BCUT2D eigenvalue weighted by molar-refractivity contribution is 6.12. The van der Waals surface area contributed by atoms with Crippen molar-refractivity contribution in [3.63, 3.8) is 0 Å². The van der Waals surface area contributed by atoms with Crippen LogP contribution in [0, 0.1) is 5.92 Å². The molecule has 0 saturated heterocycles. The molecule has 126 valence electrons. The number of imide groups is 1. The highest BCUT2D eigenvalue weighted by Crippen LogP contribution is 2.27. The number of unbranched alkanes of at least 4 members (excludes halogenated alkanes) is 2. The molecule has 6 heteroatoms. The molecule has 0 aromatic rings. The predicted octanol–water partition coefficient (Wildman–Crippen LogP) is 1.35. The topological polar surface area (TPSA) is 83.6 Å². The standard InChI is InChI=1S/C17H24N2O4/c20-12-14(13-6-3-4-7-13)18-15(21)8-2-1-5-11-19-16(22)9-10-17(19)23/h9-10,12-14H,1-8,11H2,(H,18,21). The second kappa shape index (κ2) is 8.60. The van der Waals surface area contributed by atoms with Crippen LogP contribution in [0.4, 0.5) is 0 Å². The quantitative estimate of drug-likeness (QED) is 0.395. The lowest BCUT2D eigenvalue weighted by Crippen LogP contribution is -2.40. The summed E-state index contributed by atoms with van der Waals surface area (Å²) < 4.78 is 0. The van der Waals surface area contributed by atoms with E-state index in [-0.39, 0.29) is 29.7 Å². The van der Waals surface area contributed by atoms with Crippen LogP contribution >= 0.6 is 0 Å². The first-order valence-corrected chi connectivity index (χ1v) is 8.40. The van der Waals surface area contributed by atoms with E-state index in [9.17, 15) is 19.2 Å². The molecule has 0 spiro atoms. The molecule has 6 nitrogen and oxygen atoms in total. The van der Waals surface area contributed by atoms with E-state index < -0.39 is 0 Å². The molecule has 1 aliphatic carbocycles. The van der Waals surface area contributed by atoms with E-state index in [0.29, 0.717) is 25.8 Å². The van der Waals surface area contributed by atoms with Crippen LogP contribution in [-0.2, 0) is 19.2 Å². The number of aldehydes is 1. The molecular formula is C17H24N2O4. The maximum atomic E-state index is 11.9. The SMILES string of the molecule is O=CC(NC(=O)CCCCCN1C(=O)C=CC1=O)C1CCCC1. The largest absolute Gasteiger partial charge is 0.346 e. The van der Waals surface area contributed by atoms with Crippen LogP contribution in [0.15, 0.2) is 12.2 Å².